The molecule has 1 atom stereocenters. The number of rotatable bonds is 3. The van der Waals surface area contributed by atoms with Crippen LogP contribution in [0.4, 0.5) is 0 Å². The number of benzene rings is 4. The van der Waals surface area contributed by atoms with E-state index in [1.54, 1.807) is 7.11 Å². The van der Waals surface area contributed by atoms with E-state index in [0.29, 0.717) is 0 Å². The zero-order chi connectivity index (χ0) is 24.4. The second-order valence-electron chi connectivity index (χ2n) is 8.87. The van der Waals surface area contributed by atoms with E-state index < -0.39 is 5.60 Å². The van der Waals surface area contributed by atoms with Crippen LogP contribution in [0.2, 0.25) is 0 Å². The summed E-state index contributed by atoms with van der Waals surface area (Å²) >= 11 is 0. The molecule has 4 aromatic carbocycles. The van der Waals surface area contributed by atoms with Crippen LogP contribution >= 0.6 is 0 Å². The second-order valence-corrected chi connectivity index (χ2v) is 8.87. The van der Waals surface area contributed by atoms with Gasteiger partial charge in [-0.15, -0.1) is 0 Å². The molecule has 7 rings (SSSR count). The quantitative estimate of drug-likeness (QED) is 0.203. The Morgan fingerprint density at radius 2 is 1.16 bits per heavy atom. The second kappa shape index (κ2) is 11.3. The molecular weight excluding hydrogens is 496 g/mol. The molecule has 0 saturated heterocycles. The van der Waals surface area contributed by atoms with Gasteiger partial charge in [-0.3, -0.25) is 0 Å². The molecule has 37 heavy (non-hydrogen) atoms. The average Bonchev–Trinajstić information content (AvgIpc) is 3.71. The third kappa shape index (κ3) is 4.80. The van der Waals surface area contributed by atoms with Crippen LogP contribution in [0.1, 0.15) is 11.1 Å². The van der Waals surface area contributed by atoms with Gasteiger partial charge in [0, 0.05) is 22.4 Å². The summed E-state index contributed by atoms with van der Waals surface area (Å²) in [5.41, 5.74) is 1.50. The van der Waals surface area contributed by atoms with Crippen molar-refractivity contribution in [3.05, 3.63) is 154 Å². The molecule has 0 bridgehead atoms. The van der Waals surface area contributed by atoms with Crippen molar-refractivity contribution in [1.82, 2.24) is 0 Å². The van der Waals surface area contributed by atoms with Gasteiger partial charge >= 0.3 is 17.1 Å². The molecule has 180 valence electrons. The predicted octanol–water partition coefficient (Wildman–Crippen LogP) is 7.73. The van der Waals surface area contributed by atoms with Crippen molar-refractivity contribution in [1.29, 1.82) is 0 Å². The topological polar surface area (TPSA) is 18.5 Å². The first-order valence-corrected chi connectivity index (χ1v) is 12.2. The van der Waals surface area contributed by atoms with Crippen LogP contribution in [-0.2, 0) is 22.7 Å². The molecule has 3 heteroatoms. The van der Waals surface area contributed by atoms with Gasteiger partial charge < -0.3 is 9.47 Å². The van der Waals surface area contributed by atoms with Gasteiger partial charge in [0.15, 0.2) is 5.60 Å². The first-order valence-electron chi connectivity index (χ1n) is 12.2. The molecule has 0 aromatic heterocycles. The maximum atomic E-state index is 7.02. The van der Waals surface area contributed by atoms with Gasteiger partial charge in [0.25, 0.3) is 0 Å². The molecule has 1 aliphatic heterocycles. The van der Waals surface area contributed by atoms with E-state index >= 15 is 0 Å². The Labute approximate surface area is 231 Å². The maximum absolute atomic E-state index is 7.02. The standard InChI is InChI=1S/C29H21O2.C5H5.Fe/c1-30-22-16-14-21(15-17-22)29(20-8-2-3-9-20)19-18-27-25-12-5-4-10-23(25)24-11-6-7-13-26(24)28(27)31-29;1-2-4-5-3-1;/h2-19H,1H3;1-5H;/q;;+2. The van der Waals surface area contributed by atoms with Crippen LogP contribution in [0.15, 0.2) is 78.9 Å². The fourth-order valence-electron chi connectivity index (χ4n) is 5.07. The van der Waals surface area contributed by atoms with Crippen molar-refractivity contribution >= 4 is 27.6 Å². The Morgan fingerprint density at radius 3 is 1.76 bits per heavy atom. The fraction of sp³-hybridized carbons (Fsp3) is 0.0588. The molecule has 10 radical (unpaired) electrons. The Balaban J connectivity index is 0.000000421. The molecule has 0 spiro atoms. The summed E-state index contributed by atoms with van der Waals surface area (Å²) in [4.78, 5) is 0. The summed E-state index contributed by atoms with van der Waals surface area (Å²) in [6.45, 7) is 0. The molecule has 0 amide bonds. The Kier molecular flexibility index (Phi) is 7.93. The molecule has 4 aromatic rings. The van der Waals surface area contributed by atoms with Crippen LogP contribution in [0.5, 0.6) is 11.5 Å². The van der Waals surface area contributed by atoms with E-state index in [1.807, 2.05) is 44.2 Å². The summed E-state index contributed by atoms with van der Waals surface area (Å²) in [5.74, 6) is 2.86. The van der Waals surface area contributed by atoms with Crippen LogP contribution in [-0.4, -0.2) is 7.11 Å². The number of hydrogen-bond acceptors (Lipinski definition) is 2. The fourth-order valence-corrected chi connectivity index (χ4v) is 5.07. The summed E-state index contributed by atoms with van der Waals surface area (Å²) < 4.78 is 12.4. The zero-order valence-electron chi connectivity index (χ0n) is 20.4. The van der Waals surface area contributed by atoms with Crippen LogP contribution in [0.25, 0.3) is 27.6 Å². The number of hydrogen-bond donors (Lipinski definition) is 0. The van der Waals surface area contributed by atoms with Crippen LogP contribution in [0.3, 0.4) is 0 Å². The van der Waals surface area contributed by atoms with E-state index in [0.717, 1.165) is 33.9 Å². The van der Waals surface area contributed by atoms with Gasteiger partial charge in [0.2, 0.25) is 0 Å². The first kappa shape index (κ1) is 25.9. The normalized spacial score (nSPS) is 20.6. The van der Waals surface area contributed by atoms with Gasteiger partial charge in [-0.25, -0.2) is 0 Å². The molecule has 1 heterocycles. The Hall–Kier alpha value is -2.74. The van der Waals surface area contributed by atoms with Gasteiger partial charge in [-0.1, -0.05) is 66.7 Å². The Bertz CT molecular complexity index is 1370. The van der Waals surface area contributed by atoms with Crippen LogP contribution in [0, 0.1) is 63.7 Å². The molecule has 1 unspecified atom stereocenters. The van der Waals surface area contributed by atoms with Crippen molar-refractivity contribution in [2.45, 2.75) is 5.60 Å². The average molecular weight is 522 g/mol. The summed E-state index contributed by atoms with van der Waals surface area (Å²) in [7, 11) is 1.69. The van der Waals surface area contributed by atoms with Crippen molar-refractivity contribution in [3.8, 4) is 11.5 Å². The molecule has 0 N–H and O–H groups in total. The number of ether oxygens (including phenoxy) is 2. The SMILES string of the molecule is COc1ccc(C2([C]3[CH][CH][CH][CH]3)C=Cc3c(c4ccccc4c4ccccc34)O2)cc1.[CH]1[CH][CH][CH][CH]1.[Fe+2]. The maximum Gasteiger partial charge on any atom is 2.00 e. The van der Waals surface area contributed by atoms with Crippen molar-refractivity contribution < 1.29 is 26.5 Å². The van der Waals surface area contributed by atoms with E-state index in [9.17, 15) is 0 Å². The molecule has 2 aliphatic carbocycles. The van der Waals surface area contributed by atoms with E-state index in [4.69, 9.17) is 9.47 Å². The third-order valence-corrected chi connectivity index (χ3v) is 6.84. The van der Waals surface area contributed by atoms with E-state index in [-0.39, 0.29) is 17.1 Å². The summed E-state index contributed by atoms with van der Waals surface area (Å²) in [6, 6.07) is 25.2. The molecule has 3 aliphatic rings. The Morgan fingerprint density at radius 1 is 0.622 bits per heavy atom. The molecule has 2 saturated carbocycles. The van der Waals surface area contributed by atoms with Crippen molar-refractivity contribution in [2.24, 2.45) is 0 Å². The molecular formula is C34H26FeO2+2. The van der Waals surface area contributed by atoms with Gasteiger partial charge in [0.1, 0.15) is 11.5 Å². The van der Waals surface area contributed by atoms with Gasteiger partial charge in [-0.2, -0.15) is 0 Å². The van der Waals surface area contributed by atoms with E-state index in [2.05, 4.69) is 98.5 Å². The summed E-state index contributed by atoms with van der Waals surface area (Å²) in [5, 5.41) is 4.79. The first-order chi connectivity index (χ1) is 17.8. The van der Waals surface area contributed by atoms with Crippen LogP contribution < -0.4 is 9.47 Å². The zero-order valence-corrected chi connectivity index (χ0v) is 21.6. The van der Waals surface area contributed by atoms with Crippen molar-refractivity contribution in [3.63, 3.8) is 0 Å². The smallest absolute Gasteiger partial charge is 0.497 e. The number of fused-ring (bicyclic) bond motifs is 6. The minimum Gasteiger partial charge on any atom is -0.497 e. The minimum absolute atomic E-state index is 0. The van der Waals surface area contributed by atoms with Gasteiger partial charge in [0.05, 0.1) is 7.11 Å². The summed E-state index contributed by atoms with van der Waals surface area (Å²) in [6.07, 6.45) is 22.8. The number of methoxy groups -OCH3 is 1. The van der Waals surface area contributed by atoms with Crippen molar-refractivity contribution in [2.75, 3.05) is 7.11 Å². The monoisotopic (exact) mass is 522 g/mol. The minimum atomic E-state index is -0.700. The molecule has 2 nitrogen and oxygen atoms in total. The largest absolute Gasteiger partial charge is 2.00 e. The predicted molar refractivity (Wildman–Crippen MR) is 148 cm³/mol. The third-order valence-electron chi connectivity index (χ3n) is 6.84. The van der Waals surface area contributed by atoms with E-state index in [1.165, 1.54) is 16.2 Å². The molecule has 2 fully saturated rings. The van der Waals surface area contributed by atoms with Gasteiger partial charge in [-0.05, 0) is 92.2 Å².